The molecular formula is C13H10Cl2FNO. The molecular weight excluding hydrogens is 276 g/mol. The van der Waals surface area contributed by atoms with Crippen LogP contribution in [0.25, 0.3) is 0 Å². The third-order valence-electron chi connectivity index (χ3n) is 2.41. The Hall–Kier alpha value is -1.45. The first-order valence-corrected chi connectivity index (χ1v) is 5.91. The van der Waals surface area contributed by atoms with Gasteiger partial charge in [-0.1, -0.05) is 23.2 Å². The number of anilines is 1. The lowest BCUT2D eigenvalue weighted by atomic mass is 10.2. The molecule has 0 amide bonds. The second-order valence-corrected chi connectivity index (χ2v) is 4.66. The van der Waals surface area contributed by atoms with Crippen molar-refractivity contribution in [2.45, 2.75) is 6.92 Å². The van der Waals surface area contributed by atoms with E-state index in [1.807, 2.05) is 6.92 Å². The second-order valence-electron chi connectivity index (χ2n) is 3.82. The predicted octanol–water partition coefficient (Wildman–Crippen LogP) is 4.82. The Labute approximate surface area is 114 Å². The molecule has 0 spiro atoms. The zero-order valence-electron chi connectivity index (χ0n) is 9.51. The summed E-state index contributed by atoms with van der Waals surface area (Å²) < 4.78 is 18.7. The van der Waals surface area contributed by atoms with Crippen LogP contribution in [-0.2, 0) is 0 Å². The molecule has 2 N–H and O–H groups in total. The van der Waals surface area contributed by atoms with Crippen LogP contribution in [0.5, 0.6) is 11.5 Å². The molecule has 2 rings (SSSR count). The van der Waals surface area contributed by atoms with E-state index in [1.165, 1.54) is 6.07 Å². The molecule has 0 unspecified atom stereocenters. The Kier molecular flexibility index (Phi) is 3.64. The highest BCUT2D eigenvalue weighted by atomic mass is 35.5. The quantitative estimate of drug-likeness (QED) is 0.803. The summed E-state index contributed by atoms with van der Waals surface area (Å²) in [7, 11) is 0. The van der Waals surface area contributed by atoms with Crippen molar-refractivity contribution in [3.63, 3.8) is 0 Å². The van der Waals surface area contributed by atoms with E-state index in [2.05, 4.69) is 0 Å². The van der Waals surface area contributed by atoms with Gasteiger partial charge in [-0.3, -0.25) is 0 Å². The van der Waals surface area contributed by atoms with Crippen molar-refractivity contribution in [3.8, 4) is 11.5 Å². The smallest absolute Gasteiger partial charge is 0.152 e. The number of halogens is 3. The fourth-order valence-electron chi connectivity index (χ4n) is 1.48. The minimum absolute atomic E-state index is 0.0363. The lowest BCUT2D eigenvalue weighted by molar-refractivity contribution is 0.479. The minimum atomic E-state index is -0.575. The van der Waals surface area contributed by atoms with Gasteiger partial charge in [-0.2, -0.15) is 0 Å². The SMILES string of the molecule is Cc1cc(Cl)ccc1Oc1cc(Cl)c(F)cc1N. The van der Waals surface area contributed by atoms with E-state index in [0.29, 0.717) is 16.5 Å². The molecule has 0 fully saturated rings. The molecule has 0 saturated heterocycles. The van der Waals surface area contributed by atoms with Gasteiger partial charge >= 0.3 is 0 Å². The molecule has 2 aromatic rings. The topological polar surface area (TPSA) is 35.2 Å². The summed E-state index contributed by atoms with van der Waals surface area (Å²) in [5.41, 5.74) is 6.70. The molecule has 94 valence electrons. The molecule has 0 aliphatic rings. The average Bonchev–Trinajstić information content (AvgIpc) is 2.29. The van der Waals surface area contributed by atoms with Crippen molar-refractivity contribution in [3.05, 3.63) is 51.8 Å². The molecule has 5 heteroatoms. The summed E-state index contributed by atoms with van der Waals surface area (Å²) in [6.45, 7) is 1.85. The summed E-state index contributed by atoms with van der Waals surface area (Å²) in [6, 6.07) is 7.65. The molecule has 0 radical (unpaired) electrons. The second kappa shape index (κ2) is 5.04. The number of nitrogen functional groups attached to an aromatic ring is 1. The van der Waals surface area contributed by atoms with Crippen molar-refractivity contribution in [2.75, 3.05) is 5.73 Å². The van der Waals surface area contributed by atoms with Crippen molar-refractivity contribution >= 4 is 28.9 Å². The monoisotopic (exact) mass is 285 g/mol. The first kappa shape index (κ1) is 13.0. The Bertz CT molecular complexity index is 602. The highest BCUT2D eigenvalue weighted by molar-refractivity contribution is 6.31. The predicted molar refractivity (Wildman–Crippen MR) is 72.1 cm³/mol. The first-order chi connectivity index (χ1) is 8.47. The summed E-state index contributed by atoms with van der Waals surface area (Å²) in [5, 5.41) is 0.579. The zero-order chi connectivity index (χ0) is 13.3. The van der Waals surface area contributed by atoms with Crippen LogP contribution >= 0.6 is 23.2 Å². The summed E-state index contributed by atoms with van der Waals surface area (Å²) in [5.74, 6) is 0.329. The molecule has 0 saturated carbocycles. The third kappa shape index (κ3) is 2.68. The fourth-order valence-corrected chi connectivity index (χ4v) is 1.86. The van der Waals surface area contributed by atoms with E-state index < -0.39 is 5.82 Å². The Morgan fingerprint density at radius 2 is 1.83 bits per heavy atom. The van der Waals surface area contributed by atoms with Crippen molar-refractivity contribution in [1.29, 1.82) is 0 Å². The van der Waals surface area contributed by atoms with E-state index in [4.69, 9.17) is 33.7 Å². The Balaban J connectivity index is 2.37. The summed E-state index contributed by atoms with van der Waals surface area (Å²) in [6.07, 6.45) is 0. The molecule has 2 aromatic carbocycles. The van der Waals surface area contributed by atoms with Gasteiger partial charge in [0.25, 0.3) is 0 Å². The standard InChI is InChI=1S/C13H10Cl2FNO/c1-7-4-8(14)2-3-12(7)18-13-5-9(15)10(16)6-11(13)17/h2-6H,17H2,1H3. The number of hydrogen-bond donors (Lipinski definition) is 1. The first-order valence-electron chi connectivity index (χ1n) is 5.16. The third-order valence-corrected chi connectivity index (χ3v) is 2.93. The van der Waals surface area contributed by atoms with Gasteiger partial charge in [-0.25, -0.2) is 4.39 Å². The molecule has 0 bridgehead atoms. The molecule has 18 heavy (non-hydrogen) atoms. The lowest BCUT2D eigenvalue weighted by Crippen LogP contribution is -1.95. The molecule has 0 atom stereocenters. The van der Waals surface area contributed by atoms with Crippen LogP contribution in [0.15, 0.2) is 30.3 Å². The Morgan fingerprint density at radius 1 is 1.11 bits per heavy atom. The number of hydrogen-bond acceptors (Lipinski definition) is 2. The van der Waals surface area contributed by atoms with E-state index >= 15 is 0 Å². The van der Waals surface area contributed by atoms with E-state index in [-0.39, 0.29) is 10.7 Å². The summed E-state index contributed by atoms with van der Waals surface area (Å²) in [4.78, 5) is 0. The number of nitrogens with two attached hydrogens (primary N) is 1. The average molecular weight is 286 g/mol. The van der Waals surface area contributed by atoms with Crippen molar-refractivity contribution in [2.24, 2.45) is 0 Å². The minimum Gasteiger partial charge on any atom is -0.455 e. The van der Waals surface area contributed by atoms with E-state index in [0.717, 1.165) is 11.6 Å². The largest absolute Gasteiger partial charge is 0.455 e. The van der Waals surface area contributed by atoms with Crippen LogP contribution in [-0.4, -0.2) is 0 Å². The van der Waals surface area contributed by atoms with Gasteiger partial charge in [0.05, 0.1) is 10.7 Å². The van der Waals surface area contributed by atoms with Gasteiger partial charge in [-0.15, -0.1) is 0 Å². The fraction of sp³-hybridized carbons (Fsp3) is 0.0769. The number of ether oxygens (including phenoxy) is 1. The van der Waals surface area contributed by atoms with Crippen LogP contribution in [0, 0.1) is 12.7 Å². The van der Waals surface area contributed by atoms with Crippen molar-refractivity contribution < 1.29 is 9.13 Å². The highest BCUT2D eigenvalue weighted by Crippen LogP contribution is 2.34. The van der Waals surface area contributed by atoms with Crippen LogP contribution in [0.2, 0.25) is 10.0 Å². The van der Waals surface area contributed by atoms with Crippen LogP contribution < -0.4 is 10.5 Å². The van der Waals surface area contributed by atoms with Gasteiger partial charge in [0.15, 0.2) is 5.75 Å². The number of benzene rings is 2. The van der Waals surface area contributed by atoms with Gasteiger partial charge in [-0.05, 0) is 30.7 Å². The van der Waals surface area contributed by atoms with Gasteiger partial charge in [0, 0.05) is 17.2 Å². The number of aryl methyl sites for hydroxylation is 1. The van der Waals surface area contributed by atoms with Gasteiger partial charge < -0.3 is 10.5 Å². The molecule has 0 aliphatic carbocycles. The van der Waals surface area contributed by atoms with Gasteiger partial charge in [0.1, 0.15) is 11.6 Å². The molecule has 2 nitrogen and oxygen atoms in total. The molecule has 0 heterocycles. The van der Waals surface area contributed by atoms with Crippen LogP contribution in [0.1, 0.15) is 5.56 Å². The van der Waals surface area contributed by atoms with E-state index in [9.17, 15) is 4.39 Å². The lowest BCUT2D eigenvalue weighted by Gasteiger charge is -2.11. The van der Waals surface area contributed by atoms with Crippen molar-refractivity contribution in [1.82, 2.24) is 0 Å². The van der Waals surface area contributed by atoms with E-state index in [1.54, 1.807) is 18.2 Å². The van der Waals surface area contributed by atoms with Gasteiger partial charge in [0.2, 0.25) is 0 Å². The molecule has 0 aliphatic heterocycles. The maximum Gasteiger partial charge on any atom is 0.152 e. The zero-order valence-corrected chi connectivity index (χ0v) is 11.0. The summed E-state index contributed by atoms with van der Waals surface area (Å²) >= 11 is 11.5. The highest BCUT2D eigenvalue weighted by Gasteiger charge is 2.09. The van der Waals surface area contributed by atoms with Crippen LogP contribution in [0.3, 0.4) is 0 Å². The normalized spacial score (nSPS) is 10.4. The van der Waals surface area contributed by atoms with Crippen LogP contribution in [0.4, 0.5) is 10.1 Å². The maximum atomic E-state index is 13.1. The Morgan fingerprint density at radius 3 is 2.50 bits per heavy atom. The molecule has 0 aromatic heterocycles. The number of rotatable bonds is 2. The maximum absolute atomic E-state index is 13.1.